The van der Waals surface area contributed by atoms with Crippen molar-refractivity contribution in [3.05, 3.63) is 0 Å². The van der Waals surface area contributed by atoms with Crippen LogP contribution in [0.5, 0.6) is 0 Å². The normalized spacial score (nSPS) is 9.40. The minimum absolute atomic E-state index is 0.185. The smallest absolute Gasteiger partial charge is 0.309 e. The lowest BCUT2D eigenvalue weighted by atomic mass is 10.3. The van der Waals surface area contributed by atoms with Crippen LogP contribution in [0.4, 0.5) is 0 Å². The van der Waals surface area contributed by atoms with Gasteiger partial charge in [0.1, 0.15) is 0 Å². The zero-order valence-electron chi connectivity index (χ0n) is 8.41. The molecule has 7 heteroatoms. The second-order valence-corrected chi connectivity index (χ2v) is 2.87. The van der Waals surface area contributed by atoms with Gasteiger partial charge in [-0.1, -0.05) is 0 Å². The maximum absolute atomic E-state index is 11.0. The van der Waals surface area contributed by atoms with Gasteiger partial charge in [0.2, 0.25) is 5.91 Å². The van der Waals surface area contributed by atoms with Gasteiger partial charge >= 0.3 is 11.8 Å². The molecule has 0 aliphatic heterocycles. The number of primary amides is 1. The van der Waals surface area contributed by atoms with Gasteiger partial charge in [-0.15, -0.1) is 0 Å². The molecule has 7 nitrogen and oxygen atoms in total. The highest BCUT2D eigenvalue weighted by molar-refractivity contribution is 6.35. The molecule has 0 spiro atoms. The summed E-state index contributed by atoms with van der Waals surface area (Å²) in [4.78, 5) is 32.3. The Labute approximate surface area is 87.6 Å². The first kappa shape index (κ1) is 13.4. The summed E-state index contributed by atoms with van der Waals surface area (Å²) in [7, 11) is 0. The van der Waals surface area contributed by atoms with E-state index in [4.69, 9.17) is 11.5 Å². The van der Waals surface area contributed by atoms with Crippen molar-refractivity contribution in [3.63, 3.8) is 0 Å². The average Bonchev–Trinajstić information content (AvgIpc) is 2.20. The van der Waals surface area contributed by atoms with Crippen LogP contribution < -0.4 is 22.1 Å². The summed E-state index contributed by atoms with van der Waals surface area (Å²) in [6.45, 7) is 0.784. The van der Waals surface area contributed by atoms with Crippen LogP contribution in [-0.4, -0.2) is 37.4 Å². The second kappa shape index (κ2) is 7.74. The Morgan fingerprint density at radius 3 is 2.00 bits per heavy atom. The van der Waals surface area contributed by atoms with E-state index in [-0.39, 0.29) is 26.1 Å². The van der Waals surface area contributed by atoms with Crippen molar-refractivity contribution in [1.82, 2.24) is 10.6 Å². The predicted octanol–water partition coefficient (Wildman–Crippen LogP) is -2.56. The molecule has 0 fully saturated rings. The van der Waals surface area contributed by atoms with Crippen molar-refractivity contribution < 1.29 is 14.4 Å². The largest absolute Gasteiger partial charge is 0.370 e. The highest BCUT2D eigenvalue weighted by Gasteiger charge is 2.11. The molecule has 15 heavy (non-hydrogen) atoms. The number of nitrogens with one attached hydrogen (secondary N) is 2. The van der Waals surface area contributed by atoms with Crippen molar-refractivity contribution in [2.45, 2.75) is 12.8 Å². The fourth-order valence-electron chi connectivity index (χ4n) is 0.811. The van der Waals surface area contributed by atoms with Crippen LogP contribution in [0.2, 0.25) is 0 Å². The van der Waals surface area contributed by atoms with Gasteiger partial charge in [0.15, 0.2) is 0 Å². The van der Waals surface area contributed by atoms with Crippen molar-refractivity contribution in [2.24, 2.45) is 11.5 Å². The molecule has 0 saturated heterocycles. The molecule has 0 aromatic carbocycles. The Hall–Kier alpha value is -1.63. The lowest BCUT2D eigenvalue weighted by molar-refractivity contribution is -0.139. The molecule has 6 N–H and O–H groups in total. The summed E-state index contributed by atoms with van der Waals surface area (Å²) in [5, 5.41) is 4.66. The van der Waals surface area contributed by atoms with Gasteiger partial charge in [0.05, 0.1) is 0 Å². The summed E-state index contributed by atoms with van der Waals surface area (Å²) in [6.07, 6.45) is 0.607. The van der Waals surface area contributed by atoms with Gasteiger partial charge in [-0.3, -0.25) is 14.4 Å². The molecule has 0 aromatic heterocycles. The number of amides is 3. The molecular formula is C8H16N4O3. The van der Waals surface area contributed by atoms with E-state index in [9.17, 15) is 14.4 Å². The lowest BCUT2D eigenvalue weighted by Gasteiger charge is -2.04. The van der Waals surface area contributed by atoms with Crippen LogP contribution in [0.25, 0.3) is 0 Å². The highest BCUT2D eigenvalue weighted by atomic mass is 16.2. The van der Waals surface area contributed by atoms with Crippen LogP contribution in [0, 0.1) is 0 Å². The number of hydrogen-bond donors (Lipinski definition) is 4. The number of hydrogen-bond acceptors (Lipinski definition) is 4. The van der Waals surface area contributed by atoms with Crippen molar-refractivity contribution in [3.8, 4) is 0 Å². The number of nitrogens with two attached hydrogens (primary N) is 2. The lowest BCUT2D eigenvalue weighted by Crippen LogP contribution is -2.42. The zero-order chi connectivity index (χ0) is 11.7. The molecule has 86 valence electrons. The van der Waals surface area contributed by atoms with Gasteiger partial charge in [-0.2, -0.15) is 0 Å². The van der Waals surface area contributed by atoms with E-state index >= 15 is 0 Å². The van der Waals surface area contributed by atoms with Gasteiger partial charge < -0.3 is 22.1 Å². The van der Waals surface area contributed by atoms with E-state index in [0.717, 1.165) is 0 Å². The minimum Gasteiger partial charge on any atom is -0.370 e. The Morgan fingerprint density at radius 1 is 1.00 bits per heavy atom. The quantitative estimate of drug-likeness (QED) is 0.288. The fourth-order valence-corrected chi connectivity index (χ4v) is 0.811. The molecule has 0 aliphatic rings. The Balaban J connectivity index is 3.55. The second-order valence-electron chi connectivity index (χ2n) is 2.87. The summed E-state index contributed by atoms with van der Waals surface area (Å²) in [5.41, 5.74) is 10.0. The third-order valence-electron chi connectivity index (χ3n) is 1.52. The van der Waals surface area contributed by atoms with Crippen LogP contribution in [0.15, 0.2) is 0 Å². The Kier molecular flexibility index (Phi) is 6.90. The molecule has 0 radical (unpaired) electrons. The first-order chi connectivity index (χ1) is 7.07. The molecule has 0 aromatic rings. The van der Waals surface area contributed by atoms with Crippen molar-refractivity contribution in [1.29, 1.82) is 0 Å². The molecule has 0 rings (SSSR count). The van der Waals surface area contributed by atoms with Crippen LogP contribution in [0.3, 0.4) is 0 Å². The maximum atomic E-state index is 11.0. The summed E-state index contributed by atoms with van der Waals surface area (Å²) >= 11 is 0. The molecule has 0 atom stereocenters. The summed E-state index contributed by atoms with van der Waals surface area (Å²) in [5.74, 6) is -1.88. The Morgan fingerprint density at radius 2 is 1.53 bits per heavy atom. The van der Waals surface area contributed by atoms with E-state index in [1.165, 1.54) is 0 Å². The zero-order valence-corrected chi connectivity index (χ0v) is 8.41. The number of rotatable bonds is 6. The van der Waals surface area contributed by atoms with E-state index in [2.05, 4.69) is 10.6 Å². The van der Waals surface area contributed by atoms with E-state index in [1.54, 1.807) is 0 Å². The predicted molar refractivity (Wildman–Crippen MR) is 53.5 cm³/mol. The molecule has 0 heterocycles. The van der Waals surface area contributed by atoms with Crippen LogP contribution >= 0.6 is 0 Å². The van der Waals surface area contributed by atoms with Crippen molar-refractivity contribution >= 4 is 17.7 Å². The average molecular weight is 216 g/mol. The monoisotopic (exact) mass is 216 g/mol. The third-order valence-corrected chi connectivity index (χ3v) is 1.52. The first-order valence-corrected chi connectivity index (χ1v) is 4.62. The molecular weight excluding hydrogens is 200 g/mol. The van der Waals surface area contributed by atoms with Gasteiger partial charge in [0, 0.05) is 26.1 Å². The molecule has 3 amide bonds. The van der Waals surface area contributed by atoms with Crippen LogP contribution in [-0.2, 0) is 14.4 Å². The van der Waals surface area contributed by atoms with E-state index < -0.39 is 17.7 Å². The summed E-state index contributed by atoms with van der Waals surface area (Å²) < 4.78 is 0. The SMILES string of the molecule is NCCNC(=O)C(=O)NCCCC(N)=O. The fraction of sp³-hybridized carbons (Fsp3) is 0.625. The standard InChI is InChI=1S/C8H16N4O3/c9-3-5-12-8(15)7(14)11-4-1-2-6(10)13/h1-5,9H2,(H2,10,13)(H,11,14)(H,12,15). The molecule has 0 saturated carbocycles. The third kappa shape index (κ3) is 7.44. The minimum atomic E-state index is -0.729. The van der Waals surface area contributed by atoms with Crippen LogP contribution in [0.1, 0.15) is 12.8 Å². The molecule has 0 aliphatic carbocycles. The summed E-state index contributed by atoms with van der Waals surface area (Å²) in [6, 6.07) is 0. The highest BCUT2D eigenvalue weighted by Crippen LogP contribution is 1.84. The van der Waals surface area contributed by atoms with Gasteiger partial charge in [0.25, 0.3) is 0 Å². The van der Waals surface area contributed by atoms with Gasteiger partial charge in [-0.25, -0.2) is 0 Å². The maximum Gasteiger partial charge on any atom is 0.309 e. The van der Waals surface area contributed by atoms with E-state index in [1.807, 2.05) is 0 Å². The first-order valence-electron chi connectivity index (χ1n) is 4.62. The number of carbonyl (C=O) groups excluding carboxylic acids is 3. The Bertz CT molecular complexity index is 242. The van der Waals surface area contributed by atoms with E-state index in [0.29, 0.717) is 6.42 Å². The van der Waals surface area contributed by atoms with Crippen molar-refractivity contribution in [2.75, 3.05) is 19.6 Å². The molecule has 0 unspecified atom stereocenters. The number of carbonyl (C=O) groups is 3. The topological polar surface area (TPSA) is 127 Å². The van der Waals surface area contributed by atoms with Gasteiger partial charge in [-0.05, 0) is 6.42 Å². The molecule has 0 bridgehead atoms.